The molecule has 0 amide bonds. The molecule has 0 spiro atoms. The maximum absolute atomic E-state index is 13.3. The van der Waals surface area contributed by atoms with E-state index in [0.29, 0.717) is 10.9 Å². The van der Waals surface area contributed by atoms with E-state index in [0.717, 1.165) is 11.4 Å². The zero-order valence-corrected chi connectivity index (χ0v) is 13.4. The normalized spacial score (nSPS) is 12.9. The van der Waals surface area contributed by atoms with Gasteiger partial charge in [-0.15, -0.1) is 0 Å². The molecule has 0 bridgehead atoms. The average Bonchev–Trinajstić information content (AvgIpc) is 2.87. The van der Waals surface area contributed by atoms with Gasteiger partial charge < -0.3 is 5.32 Å². The molecule has 2 aromatic rings. The predicted octanol–water partition coefficient (Wildman–Crippen LogP) is 3.26. The molecular formula is C14H18BrFN4. The van der Waals surface area contributed by atoms with E-state index < -0.39 is 0 Å². The van der Waals surface area contributed by atoms with Crippen LogP contribution < -0.4 is 5.32 Å². The molecule has 1 unspecified atom stereocenters. The quantitative estimate of drug-likeness (QED) is 0.908. The lowest BCUT2D eigenvalue weighted by Crippen LogP contribution is -2.21. The molecule has 6 heteroatoms. The molecule has 1 aromatic heterocycles. The van der Waals surface area contributed by atoms with Gasteiger partial charge in [0, 0.05) is 18.5 Å². The SMILES string of the molecule is CNC(Cc1ncnn1C(C)C)c1ccc(F)c(Br)c1. The van der Waals surface area contributed by atoms with Crippen molar-refractivity contribution in [2.45, 2.75) is 32.4 Å². The van der Waals surface area contributed by atoms with E-state index >= 15 is 0 Å². The fraction of sp³-hybridized carbons (Fsp3) is 0.429. The first-order valence-electron chi connectivity index (χ1n) is 6.53. The Morgan fingerprint density at radius 3 is 2.75 bits per heavy atom. The first-order chi connectivity index (χ1) is 9.52. The number of hydrogen-bond donors (Lipinski definition) is 1. The average molecular weight is 341 g/mol. The highest BCUT2D eigenvalue weighted by molar-refractivity contribution is 9.10. The van der Waals surface area contributed by atoms with Crippen LogP contribution in [-0.2, 0) is 6.42 Å². The van der Waals surface area contributed by atoms with Gasteiger partial charge in [0.05, 0.1) is 4.47 Å². The number of benzene rings is 1. The summed E-state index contributed by atoms with van der Waals surface area (Å²) in [5, 5.41) is 7.48. The lowest BCUT2D eigenvalue weighted by molar-refractivity contribution is 0.477. The number of aromatic nitrogens is 3. The Labute approximate surface area is 126 Å². The van der Waals surface area contributed by atoms with Crippen LogP contribution in [0.15, 0.2) is 29.0 Å². The van der Waals surface area contributed by atoms with Gasteiger partial charge in [-0.2, -0.15) is 5.10 Å². The second kappa shape index (κ2) is 6.45. The van der Waals surface area contributed by atoms with E-state index in [4.69, 9.17) is 0 Å². The van der Waals surface area contributed by atoms with E-state index in [2.05, 4.69) is 45.2 Å². The second-order valence-electron chi connectivity index (χ2n) is 4.93. The summed E-state index contributed by atoms with van der Waals surface area (Å²) in [4.78, 5) is 4.32. The van der Waals surface area contributed by atoms with Crippen molar-refractivity contribution in [2.24, 2.45) is 0 Å². The van der Waals surface area contributed by atoms with Crippen LogP contribution in [0.4, 0.5) is 4.39 Å². The summed E-state index contributed by atoms with van der Waals surface area (Å²) in [5.41, 5.74) is 1.01. The maximum Gasteiger partial charge on any atom is 0.138 e. The van der Waals surface area contributed by atoms with E-state index in [-0.39, 0.29) is 17.9 Å². The minimum Gasteiger partial charge on any atom is -0.313 e. The molecule has 0 aliphatic rings. The lowest BCUT2D eigenvalue weighted by Gasteiger charge is -2.18. The van der Waals surface area contributed by atoms with E-state index in [9.17, 15) is 4.39 Å². The number of nitrogens with zero attached hydrogens (tertiary/aromatic N) is 3. The molecule has 1 heterocycles. The molecule has 1 N–H and O–H groups in total. The molecule has 0 saturated heterocycles. The summed E-state index contributed by atoms with van der Waals surface area (Å²) >= 11 is 3.22. The van der Waals surface area contributed by atoms with Crippen LogP contribution in [0.25, 0.3) is 0 Å². The molecule has 20 heavy (non-hydrogen) atoms. The first kappa shape index (κ1) is 15.1. The largest absolute Gasteiger partial charge is 0.313 e. The summed E-state index contributed by atoms with van der Waals surface area (Å²) in [6, 6.07) is 5.39. The smallest absolute Gasteiger partial charge is 0.138 e. The van der Waals surface area contributed by atoms with Crippen LogP contribution in [0, 0.1) is 5.82 Å². The Bertz CT molecular complexity index is 582. The van der Waals surface area contributed by atoms with Crippen LogP contribution in [-0.4, -0.2) is 21.8 Å². The molecule has 0 radical (unpaired) electrons. The highest BCUT2D eigenvalue weighted by atomic mass is 79.9. The van der Waals surface area contributed by atoms with Crippen LogP contribution in [0.5, 0.6) is 0 Å². The van der Waals surface area contributed by atoms with Gasteiger partial charge in [-0.1, -0.05) is 6.07 Å². The van der Waals surface area contributed by atoms with Gasteiger partial charge in [0.25, 0.3) is 0 Å². The van der Waals surface area contributed by atoms with Crippen molar-refractivity contribution in [1.29, 1.82) is 0 Å². The molecule has 0 fully saturated rings. The third kappa shape index (κ3) is 3.24. The fourth-order valence-electron chi connectivity index (χ4n) is 2.15. The molecule has 2 rings (SSSR count). The van der Waals surface area contributed by atoms with Crippen molar-refractivity contribution in [1.82, 2.24) is 20.1 Å². The summed E-state index contributed by atoms with van der Waals surface area (Å²) < 4.78 is 15.7. The molecule has 0 saturated carbocycles. The van der Waals surface area contributed by atoms with E-state index in [1.165, 1.54) is 6.07 Å². The van der Waals surface area contributed by atoms with E-state index in [1.54, 1.807) is 18.5 Å². The third-order valence-electron chi connectivity index (χ3n) is 3.22. The van der Waals surface area contributed by atoms with Gasteiger partial charge in [0.1, 0.15) is 18.0 Å². The molecule has 0 aliphatic carbocycles. The molecular weight excluding hydrogens is 323 g/mol. The van der Waals surface area contributed by atoms with Crippen LogP contribution in [0.3, 0.4) is 0 Å². The van der Waals surface area contributed by atoms with Gasteiger partial charge in [0.2, 0.25) is 0 Å². The van der Waals surface area contributed by atoms with Crippen molar-refractivity contribution in [2.75, 3.05) is 7.05 Å². The van der Waals surface area contributed by atoms with Gasteiger partial charge in [0.15, 0.2) is 0 Å². The molecule has 0 aliphatic heterocycles. The Hall–Kier alpha value is -1.27. The minimum atomic E-state index is -0.256. The maximum atomic E-state index is 13.3. The number of nitrogens with one attached hydrogen (secondary N) is 1. The van der Waals surface area contributed by atoms with Crippen molar-refractivity contribution in [3.63, 3.8) is 0 Å². The van der Waals surface area contributed by atoms with Gasteiger partial charge >= 0.3 is 0 Å². The molecule has 4 nitrogen and oxygen atoms in total. The fourth-order valence-corrected chi connectivity index (χ4v) is 2.55. The minimum absolute atomic E-state index is 0.0635. The van der Waals surface area contributed by atoms with Crippen molar-refractivity contribution < 1.29 is 4.39 Å². The van der Waals surface area contributed by atoms with Gasteiger partial charge in [-0.25, -0.2) is 14.1 Å². The van der Waals surface area contributed by atoms with Crippen molar-refractivity contribution >= 4 is 15.9 Å². The van der Waals surface area contributed by atoms with Crippen molar-refractivity contribution in [3.05, 3.63) is 46.2 Å². The first-order valence-corrected chi connectivity index (χ1v) is 7.32. The van der Waals surface area contributed by atoms with Gasteiger partial charge in [-0.05, 0) is 54.5 Å². The second-order valence-corrected chi connectivity index (χ2v) is 5.79. The monoisotopic (exact) mass is 340 g/mol. The molecule has 1 atom stereocenters. The standard InChI is InChI=1S/C14H18BrFN4/c1-9(2)20-14(18-8-19-20)7-13(17-3)10-4-5-12(16)11(15)6-10/h4-6,8-9,13,17H,7H2,1-3H3. The Kier molecular flexibility index (Phi) is 4.88. The Balaban J connectivity index is 2.24. The zero-order chi connectivity index (χ0) is 14.7. The van der Waals surface area contributed by atoms with Crippen LogP contribution in [0.1, 0.15) is 37.3 Å². The Morgan fingerprint density at radius 2 is 2.15 bits per heavy atom. The van der Waals surface area contributed by atoms with Gasteiger partial charge in [-0.3, -0.25) is 0 Å². The van der Waals surface area contributed by atoms with Crippen LogP contribution in [0.2, 0.25) is 0 Å². The molecule has 1 aromatic carbocycles. The lowest BCUT2D eigenvalue weighted by atomic mass is 10.0. The summed E-state index contributed by atoms with van der Waals surface area (Å²) in [6.45, 7) is 4.14. The Morgan fingerprint density at radius 1 is 1.40 bits per heavy atom. The highest BCUT2D eigenvalue weighted by Crippen LogP contribution is 2.23. The third-order valence-corrected chi connectivity index (χ3v) is 3.83. The van der Waals surface area contributed by atoms with Crippen LogP contribution >= 0.6 is 15.9 Å². The molecule has 108 valence electrons. The zero-order valence-electron chi connectivity index (χ0n) is 11.8. The number of likely N-dealkylation sites (N-methyl/N-ethyl adjacent to an activating group) is 1. The number of rotatable bonds is 5. The summed E-state index contributed by atoms with van der Waals surface area (Å²) in [6.07, 6.45) is 2.27. The van der Waals surface area contributed by atoms with Crippen molar-refractivity contribution in [3.8, 4) is 0 Å². The predicted molar refractivity (Wildman–Crippen MR) is 80.0 cm³/mol. The highest BCUT2D eigenvalue weighted by Gasteiger charge is 2.16. The van der Waals surface area contributed by atoms with E-state index in [1.807, 2.05) is 11.7 Å². The number of halogens is 2. The summed E-state index contributed by atoms with van der Waals surface area (Å²) in [7, 11) is 1.89. The summed E-state index contributed by atoms with van der Waals surface area (Å²) in [5.74, 6) is 0.661. The number of hydrogen-bond acceptors (Lipinski definition) is 3. The topological polar surface area (TPSA) is 42.7 Å².